The Morgan fingerprint density at radius 1 is 1.22 bits per heavy atom. The van der Waals surface area contributed by atoms with Crippen molar-refractivity contribution in [3.8, 4) is 5.75 Å². The van der Waals surface area contributed by atoms with Crippen molar-refractivity contribution in [1.29, 1.82) is 0 Å². The van der Waals surface area contributed by atoms with E-state index in [9.17, 15) is 4.79 Å². The van der Waals surface area contributed by atoms with Crippen molar-refractivity contribution in [2.45, 2.75) is 32.6 Å². The van der Waals surface area contributed by atoms with Gasteiger partial charge in [0.15, 0.2) is 0 Å². The summed E-state index contributed by atoms with van der Waals surface area (Å²) in [6.45, 7) is 2.64. The summed E-state index contributed by atoms with van der Waals surface area (Å²) in [5.74, 6) is -0.532. The molecule has 1 aromatic carbocycles. The highest BCUT2D eigenvalue weighted by Crippen LogP contribution is 2.20. The second kappa shape index (κ2) is 7.71. The monoisotopic (exact) mass is 252 g/mol. The molecule has 4 heteroatoms. The molecule has 2 N–H and O–H groups in total. The number of benzene rings is 1. The van der Waals surface area contributed by atoms with Crippen molar-refractivity contribution in [1.82, 2.24) is 0 Å². The molecule has 0 amide bonds. The van der Waals surface area contributed by atoms with Crippen molar-refractivity contribution >= 4 is 5.97 Å². The number of carbonyl (C=O) groups is 1. The van der Waals surface area contributed by atoms with Crippen LogP contribution in [0.2, 0.25) is 0 Å². The van der Waals surface area contributed by atoms with E-state index in [0.29, 0.717) is 12.4 Å². The Bertz CT molecular complexity index is 387. The standard InChI is InChI=1S/C14H20O4/c1-11-6-7-12(14(16)17)13(10-11)18-9-5-3-2-4-8-15/h6-7,10,15H,2-5,8-9H2,1H3,(H,16,17). The molecule has 1 rings (SSSR count). The third-order valence-corrected chi connectivity index (χ3v) is 2.68. The van der Waals surface area contributed by atoms with Gasteiger partial charge in [-0.2, -0.15) is 0 Å². The summed E-state index contributed by atoms with van der Waals surface area (Å²) < 4.78 is 5.52. The van der Waals surface area contributed by atoms with Crippen LogP contribution in [0.1, 0.15) is 41.6 Å². The van der Waals surface area contributed by atoms with Crippen molar-refractivity contribution < 1.29 is 19.7 Å². The van der Waals surface area contributed by atoms with E-state index in [1.807, 2.05) is 6.92 Å². The zero-order chi connectivity index (χ0) is 13.4. The number of aromatic carboxylic acids is 1. The minimum atomic E-state index is -0.967. The minimum absolute atomic E-state index is 0.205. The Balaban J connectivity index is 2.45. The minimum Gasteiger partial charge on any atom is -0.493 e. The fourth-order valence-electron chi connectivity index (χ4n) is 1.68. The lowest BCUT2D eigenvalue weighted by Gasteiger charge is -2.09. The molecular weight excluding hydrogens is 232 g/mol. The number of carboxylic acids is 1. The van der Waals surface area contributed by atoms with Crippen molar-refractivity contribution in [2.24, 2.45) is 0 Å². The third kappa shape index (κ3) is 4.75. The van der Waals surface area contributed by atoms with Gasteiger partial charge in [-0.05, 0) is 43.9 Å². The van der Waals surface area contributed by atoms with Gasteiger partial charge in [-0.3, -0.25) is 0 Å². The predicted octanol–water partition coefficient (Wildman–Crippen LogP) is 2.62. The molecule has 4 nitrogen and oxygen atoms in total. The number of aliphatic hydroxyl groups excluding tert-OH is 1. The van der Waals surface area contributed by atoms with E-state index in [1.165, 1.54) is 0 Å². The second-order valence-corrected chi connectivity index (χ2v) is 4.29. The van der Waals surface area contributed by atoms with Gasteiger partial charge in [0.05, 0.1) is 6.61 Å². The van der Waals surface area contributed by atoms with Gasteiger partial charge in [0.25, 0.3) is 0 Å². The molecule has 0 aliphatic carbocycles. The molecule has 0 radical (unpaired) electrons. The normalized spacial score (nSPS) is 10.3. The van der Waals surface area contributed by atoms with Gasteiger partial charge >= 0.3 is 5.97 Å². The van der Waals surface area contributed by atoms with Gasteiger partial charge in [-0.1, -0.05) is 12.5 Å². The van der Waals surface area contributed by atoms with E-state index in [2.05, 4.69) is 0 Å². The van der Waals surface area contributed by atoms with E-state index in [0.717, 1.165) is 31.2 Å². The van der Waals surface area contributed by atoms with Crippen molar-refractivity contribution in [2.75, 3.05) is 13.2 Å². The van der Waals surface area contributed by atoms with Crippen LogP contribution in [0.25, 0.3) is 0 Å². The van der Waals surface area contributed by atoms with Gasteiger partial charge in [0.2, 0.25) is 0 Å². The van der Waals surface area contributed by atoms with Gasteiger partial charge in [0, 0.05) is 6.61 Å². The number of aliphatic hydroxyl groups is 1. The van der Waals surface area contributed by atoms with Crippen LogP contribution in [0.5, 0.6) is 5.75 Å². The van der Waals surface area contributed by atoms with Crippen LogP contribution in [0.3, 0.4) is 0 Å². The molecular formula is C14H20O4. The topological polar surface area (TPSA) is 66.8 Å². The van der Waals surface area contributed by atoms with Crippen LogP contribution in [-0.4, -0.2) is 29.4 Å². The van der Waals surface area contributed by atoms with Crippen LogP contribution in [0, 0.1) is 6.92 Å². The molecule has 0 heterocycles. The van der Waals surface area contributed by atoms with Crippen LogP contribution in [-0.2, 0) is 0 Å². The van der Waals surface area contributed by atoms with E-state index in [-0.39, 0.29) is 12.2 Å². The lowest BCUT2D eigenvalue weighted by molar-refractivity contribution is 0.0692. The number of hydrogen-bond acceptors (Lipinski definition) is 3. The maximum atomic E-state index is 11.0. The summed E-state index contributed by atoms with van der Waals surface area (Å²) in [5, 5.41) is 17.7. The summed E-state index contributed by atoms with van der Waals surface area (Å²) in [6.07, 6.45) is 3.63. The lowest BCUT2D eigenvalue weighted by atomic mass is 10.1. The van der Waals surface area contributed by atoms with Crippen molar-refractivity contribution in [3.05, 3.63) is 29.3 Å². The van der Waals surface area contributed by atoms with Gasteiger partial charge < -0.3 is 14.9 Å². The Hall–Kier alpha value is -1.55. The van der Waals surface area contributed by atoms with Gasteiger partial charge in [0.1, 0.15) is 11.3 Å². The summed E-state index contributed by atoms with van der Waals surface area (Å²) in [7, 11) is 0. The number of rotatable bonds is 8. The summed E-state index contributed by atoms with van der Waals surface area (Å²) in [4.78, 5) is 11.0. The molecule has 0 spiro atoms. The van der Waals surface area contributed by atoms with E-state index in [4.69, 9.17) is 14.9 Å². The summed E-state index contributed by atoms with van der Waals surface area (Å²) in [5.41, 5.74) is 1.19. The summed E-state index contributed by atoms with van der Waals surface area (Å²) in [6, 6.07) is 5.08. The van der Waals surface area contributed by atoms with Gasteiger partial charge in [-0.15, -0.1) is 0 Å². The largest absolute Gasteiger partial charge is 0.493 e. The lowest BCUT2D eigenvalue weighted by Crippen LogP contribution is -2.05. The van der Waals surface area contributed by atoms with Crippen molar-refractivity contribution in [3.63, 3.8) is 0 Å². The number of unbranched alkanes of at least 4 members (excludes halogenated alkanes) is 3. The second-order valence-electron chi connectivity index (χ2n) is 4.29. The van der Waals surface area contributed by atoms with Crippen LogP contribution in [0.4, 0.5) is 0 Å². The Morgan fingerprint density at radius 3 is 2.61 bits per heavy atom. The SMILES string of the molecule is Cc1ccc(C(=O)O)c(OCCCCCCO)c1. The van der Waals surface area contributed by atoms with Crippen LogP contribution >= 0.6 is 0 Å². The molecule has 0 bridgehead atoms. The highest BCUT2D eigenvalue weighted by atomic mass is 16.5. The zero-order valence-electron chi connectivity index (χ0n) is 10.7. The Morgan fingerprint density at radius 2 is 1.94 bits per heavy atom. The molecule has 0 unspecified atom stereocenters. The number of carboxylic acid groups (broad SMARTS) is 1. The average Bonchev–Trinajstić information content (AvgIpc) is 2.33. The molecule has 0 atom stereocenters. The number of hydrogen-bond donors (Lipinski definition) is 2. The predicted molar refractivity (Wildman–Crippen MR) is 69.2 cm³/mol. The maximum absolute atomic E-state index is 11.0. The molecule has 0 aliphatic rings. The Kier molecular flexibility index (Phi) is 6.22. The highest BCUT2D eigenvalue weighted by molar-refractivity contribution is 5.90. The molecule has 0 aliphatic heterocycles. The van der Waals surface area contributed by atoms with Gasteiger partial charge in [-0.25, -0.2) is 4.79 Å². The maximum Gasteiger partial charge on any atom is 0.339 e. The first-order valence-electron chi connectivity index (χ1n) is 6.22. The van der Waals surface area contributed by atoms with E-state index in [1.54, 1.807) is 18.2 Å². The van der Waals surface area contributed by atoms with Crippen LogP contribution in [0.15, 0.2) is 18.2 Å². The number of aryl methyl sites for hydroxylation is 1. The first-order valence-corrected chi connectivity index (χ1v) is 6.22. The first kappa shape index (κ1) is 14.5. The molecule has 0 aromatic heterocycles. The molecule has 0 saturated carbocycles. The zero-order valence-corrected chi connectivity index (χ0v) is 10.7. The molecule has 0 saturated heterocycles. The molecule has 1 aromatic rings. The van der Waals surface area contributed by atoms with Crippen LogP contribution < -0.4 is 4.74 Å². The highest BCUT2D eigenvalue weighted by Gasteiger charge is 2.10. The first-order chi connectivity index (χ1) is 8.65. The fourth-order valence-corrected chi connectivity index (χ4v) is 1.68. The van der Waals surface area contributed by atoms with E-state index < -0.39 is 5.97 Å². The molecule has 0 fully saturated rings. The van der Waals surface area contributed by atoms with E-state index >= 15 is 0 Å². The number of ether oxygens (including phenoxy) is 1. The summed E-state index contributed by atoms with van der Waals surface area (Å²) >= 11 is 0. The molecule has 100 valence electrons. The smallest absolute Gasteiger partial charge is 0.339 e. The average molecular weight is 252 g/mol. The Labute approximate surface area is 107 Å². The third-order valence-electron chi connectivity index (χ3n) is 2.68. The fraction of sp³-hybridized carbons (Fsp3) is 0.500. The molecule has 18 heavy (non-hydrogen) atoms. The quantitative estimate of drug-likeness (QED) is 0.698.